The maximum absolute atomic E-state index is 11.7. The van der Waals surface area contributed by atoms with Crippen LogP contribution in [-0.2, 0) is 11.3 Å². The molecule has 0 bridgehead atoms. The topological polar surface area (TPSA) is 65.2 Å². The average Bonchev–Trinajstić information content (AvgIpc) is 3.03. The molecule has 6 heteroatoms. The highest BCUT2D eigenvalue weighted by Crippen LogP contribution is 2.11. The van der Waals surface area contributed by atoms with Gasteiger partial charge in [-0.3, -0.25) is 4.79 Å². The number of rotatable bonds is 9. The van der Waals surface area contributed by atoms with E-state index in [1.54, 1.807) is 6.92 Å². The van der Waals surface area contributed by atoms with Crippen molar-refractivity contribution in [3.63, 3.8) is 0 Å². The Morgan fingerprint density at radius 1 is 1.00 bits per heavy atom. The third-order valence-corrected chi connectivity index (χ3v) is 4.13. The standard InChI is InChI=1S/C21H25N3OS.C2H7N.C2H6/c1-17(25)20-12-7-3-6-11-19(20)16-22-13-8-14-23-21(26)24-15-18-9-4-2-5-10-18;1-3-2;1-2/h2-7,9-10,12,22H,8,13-16H2,1H3,(H2,23,24,26);3H,1-2H3;1-2H3. The Morgan fingerprint density at radius 2 is 1.68 bits per heavy atom. The Labute approximate surface area is 193 Å². The molecule has 0 unspecified atom stereocenters. The highest BCUT2D eigenvalue weighted by molar-refractivity contribution is 7.80. The molecule has 0 saturated heterocycles. The van der Waals surface area contributed by atoms with E-state index in [2.05, 4.69) is 39.1 Å². The fourth-order valence-corrected chi connectivity index (χ4v) is 2.65. The van der Waals surface area contributed by atoms with Crippen molar-refractivity contribution in [2.75, 3.05) is 33.7 Å². The summed E-state index contributed by atoms with van der Waals surface area (Å²) in [4.78, 5) is 11.7. The van der Waals surface area contributed by atoms with Gasteiger partial charge >= 0.3 is 0 Å². The lowest BCUT2D eigenvalue weighted by Crippen LogP contribution is -2.36. The zero-order valence-electron chi connectivity index (χ0n) is 19.5. The van der Waals surface area contributed by atoms with Gasteiger partial charge in [-0.15, -0.1) is 5.73 Å². The number of carbonyl (C=O) groups excluding carboxylic acids is 1. The molecule has 0 saturated carbocycles. The minimum absolute atomic E-state index is 0.0609. The summed E-state index contributed by atoms with van der Waals surface area (Å²) < 4.78 is 0. The van der Waals surface area contributed by atoms with Crippen LogP contribution in [0.1, 0.15) is 32.8 Å². The van der Waals surface area contributed by atoms with Crippen LogP contribution < -0.4 is 21.3 Å². The van der Waals surface area contributed by atoms with E-state index in [1.807, 2.05) is 70.4 Å². The quantitative estimate of drug-likeness (QED) is 0.266. The van der Waals surface area contributed by atoms with Crippen LogP contribution in [0, 0.1) is 0 Å². The monoisotopic (exact) mass is 442 g/mol. The van der Waals surface area contributed by atoms with E-state index in [4.69, 9.17) is 12.2 Å². The maximum Gasteiger partial charge on any atom is 0.166 e. The van der Waals surface area contributed by atoms with Gasteiger partial charge in [0.2, 0.25) is 0 Å². The summed E-state index contributed by atoms with van der Waals surface area (Å²) in [6, 6.07) is 10.2. The van der Waals surface area contributed by atoms with Crippen molar-refractivity contribution in [2.24, 2.45) is 0 Å². The summed E-state index contributed by atoms with van der Waals surface area (Å²) in [6.07, 6.45) is 8.35. The number of allylic oxidation sites excluding steroid dienone is 3. The summed E-state index contributed by atoms with van der Waals surface area (Å²) in [5.41, 5.74) is 5.98. The normalized spacial score (nSPS) is 11.5. The lowest BCUT2D eigenvalue weighted by molar-refractivity contribution is -0.113. The van der Waals surface area contributed by atoms with Crippen LogP contribution in [0.5, 0.6) is 0 Å². The highest BCUT2D eigenvalue weighted by Gasteiger charge is 2.09. The number of hydrogen-bond acceptors (Lipinski definition) is 4. The van der Waals surface area contributed by atoms with E-state index in [9.17, 15) is 4.79 Å². The highest BCUT2D eigenvalue weighted by atomic mass is 32.1. The van der Waals surface area contributed by atoms with Gasteiger partial charge in [0.25, 0.3) is 0 Å². The van der Waals surface area contributed by atoms with Gasteiger partial charge in [0.15, 0.2) is 10.9 Å². The molecule has 4 N–H and O–H groups in total. The Bertz CT molecular complexity index is 763. The third kappa shape index (κ3) is 14.2. The van der Waals surface area contributed by atoms with Crippen molar-refractivity contribution < 1.29 is 4.79 Å². The molecule has 0 atom stereocenters. The molecule has 2 rings (SSSR count). The smallest absolute Gasteiger partial charge is 0.166 e. The first-order chi connectivity index (χ1) is 15.1. The number of thiocarbonyl (C=S) groups is 1. The molecule has 1 aromatic rings. The van der Waals surface area contributed by atoms with Gasteiger partial charge in [-0.25, -0.2) is 0 Å². The van der Waals surface area contributed by atoms with E-state index in [1.165, 1.54) is 5.56 Å². The summed E-state index contributed by atoms with van der Waals surface area (Å²) >= 11 is 5.28. The van der Waals surface area contributed by atoms with E-state index in [0.717, 1.165) is 31.6 Å². The first kappa shape index (κ1) is 28.5. The van der Waals surface area contributed by atoms with Gasteiger partial charge in [0, 0.05) is 30.8 Å². The van der Waals surface area contributed by atoms with Crippen LogP contribution >= 0.6 is 12.2 Å². The summed E-state index contributed by atoms with van der Waals surface area (Å²) in [5, 5.41) is 13.2. The van der Waals surface area contributed by atoms with Crippen LogP contribution in [0.15, 0.2) is 71.5 Å². The Kier molecular flexibility index (Phi) is 17.9. The van der Waals surface area contributed by atoms with E-state index in [-0.39, 0.29) is 5.78 Å². The van der Waals surface area contributed by atoms with Crippen molar-refractivity contribution in [3.8, 4) is 0 Å². The zero-order valence-corrected chi connectivity index (χ0v) is 20.4. The number of benzene rings is 1. The average molecular weight is 443 g/mol. The van der Waals surface area contributed by atoms with Crippen LogP contribution in [0.25, 0.3) is 0 Å². The lowest BCUT2D eigenvalue weighted by Gasteiger charge is -2.11. The van der Waals surface area contributed by atoms with Crippen molar-refractivity contribution in [2.45, 2.75) is 33.7 Å². The number of Topliss-reactive ketones (excluding diaryl/α,β-unsaturated/α-hetero) is 1. The largest absolute Gasteiger partial charge is 0.363 e. The molecular weight excluding hydrogens is 404 g/mol. The molecular formula is C25H38N4OS. The molecule has 0 heterocycles. The first-order valence-corrected chi connectivity index (χ1v) is 11.2. The Morgan fingerprint density at radius 3 is 2.32 bits per heavy atom. The first-order valence-electron chi connectivity index (χ1n) is 10.8. The SMILES string of the molecule is CC.CC(=O)C1=CC=CC=C=C1CNCCCNC(=S)NCc1ccccc1.CNC. The Balaban J connectivity index is 0.00000165. The molecule has 0 aromatic heterocycles. The predicted octanol–water partition coefficient (Wildman–Crippen LogP) is 3.66. The fourth-order valence-electron chi connectivity index (χ4n) is 2.48. The lowest BCUT2D eigenvalue weighted by atomic mass is 10.0. The van der Waals surface area contributed by atoms with Crippen LogP contribution in [0.3, 0.4) is 0 Å². The molecule has 1 aliphatic carbocycles. The second kappa shape index (κ2) is 19.5. The molecule has 31 heavy (non-hydrogen) atoms. The molecule has 0 amide bonds. The fraction of sp³-hybridized carbons (Fsp3) is 0.400. The number of nitrogens with one attached hydrogen (secondary N) is 4. The van der Waals surface area contributed by atoms with Gasteiger partial charge in [-0.1, -0.05) is 62.4 Å². The minimum Gasteiger partial charge on any atom is -0.363 e. The molecule has 170 valence electrons. The molecule has 0 aliphatic heterocycles. The van der Waals surface area contributed by atoms with Gasteiger partial charge in [0.05, 0.1) is 0 Å². The van der Waals surface area contributed by atoms with Gasteiger partial charge < -0.3 is 21.3 Å². The van der Waals surface area contributed by atoms with E-state index < -0.39 is 0 Å². The van der Waals surface area contributed by atoms with Crippen molar-refractivity contribution in [1.82, 2.24) is 21.3 Å². The molecule has 0 spiro atoms. The van der Waals surface area contributed by atoms with Crippen LogP contribution in [-0.4, -0.2) is 44.6 Å². The van der Waals surface area contributed by atoms with Crippen LogP contribution in [0.2, 0.25) is 0 Å². The van der Waals surface area contributed by atoms with Crippen molar-refractivity contribution in [3.05, 3.63) is 77.1 Å². The molecule has 1 aliphatic rings. The predicted molar refractivity (Wildman–Crippen MR) is 137 cm³/mol. The second-order valence-corrected chi connectivity index (χ2v) is 6.84. The third-order valence-electron chi connectivity index (χ3n) is 3.85. The van der Waals surface area contributed by atoms with Gasteiger partial charge in [0.1, 0.15) is 0 Å². The maximum atomic E-state index is 11.7. The number of carbonyl (C=O) groups is 1. The number of ketones is 1. The molecule has 1 aromatic carbocycles. The van der Waals surface area contributed by atoms with Crippen molar-refractivity contribution >= 4 is 23.1 Å². The van der Waals surface area contributed by atoms with Gasteiger partial charge in [-0.2, -0.15) is 0 Å². The minimum atomic E-state index is 0.0609. The second-order valence-electron chi connectivity index (χ2n) is 6.44. The molecule has 5 nitrogen and oxygen atoms in total. The summed E-state index contributed by atoms with van der Waals surface area (Å²) in [7, 11) is 3.75. The van der Waals surface area contributed by atoms with E-state index >= 15 is 0 Å². The molecule has 0 fully saturated rings. The Hall–Kier alpha value is -2.50. The summed E-state index contributed by atoms with van der Waals surface area (Å²) in [6.45, 7) is 8.55. The van der Waals surface area contributed by atoms with Gasteiger partial charge in [-0.05, 0) is 57.8 Å². The number of hydrogen-bond donors (Lipinski definition) is 4. The molecule has 0 radical (unpaired) electrons. The van der Waals surface area contributed by atoms with Crippen molar-refractivity contribution in [1.29, 1.82) is 0 Å². The van der Waals surface area contributed by atoms with Crippen LogP contribution in [0.4, 0.5) is 0 Å². The zero-order chi connectivity index (χ0) is 23.3. The summed E-state index contributed by atoms with van der Waals surface area (Å²) in [5.74, 6) is 0.0609. The van der Waals surface area contributed by atoms with E-state index in [0.29, 0.717) is 17.2 Å².